The highest BCUT2D eigenvalue weighted by atomic mass is 32.2. The molecule has 9 nitrogen and oxygen atoms in total. The minimum atomic E-state index is -4.62. The van der Waals surface area contributed by atoms with E-state index >= 15 is 0 Å². The van der Waals surface area contributed by atoms with Crippen LogP contribution >= 0.6 is 0 Å². The molecular formula is C31H42F3N5O4S. The van der Waals surface area contributed by atoms with Gasteiger partial charge in [-0.3, -0.25) is 9.59 Å². The molecule has 0 radical (unpaired) electrons. The molecule has 1 saturated heterocycles. The maximum atomic E-state index is 14.5. The van der Waals surface area contributed by atoms with E-state index in [0.29, 0.717) is 18.4 Å². The summed E-state index contributed by atoms with van der Waals surface area (Å²) in [7, 11) is -1.65. The molecular weight excluding hydrogens is 595 g/mol. The molecule has 0 spiro atoms. The lowest BCUT2D eigenvalue weighted by Crippen LogP contribution is -2.55. The molecule has 2 heterocycles. The van der Waals surface area contributed by atoms with Crippen molar-refractivity contribution in [3.8, 4) is 0 Å². The predicted molar refractivity (Wildman–Crippen MR) is 161 cm³/mol. The first-order chi connectivity index (χ1) is 20.4. The van der Waals surface area contributed by atoms with Crippen LogP contribution in [0.5, 0.6) is 0 Å². The fraction of sp³-hybridized carbons (Fsp3) is 0.581. The van der Waals surface area contributed by atoms with Crippen LogP contribution < -0.4 is 10.0 Å². The third kappa shape index (κ3) is 7.20. The molecule has 2 aliphatic rings. The number of amides is 2. The molecule has 4 rings (SSSR count). The minimum absolute atomic E-state index is 0.0513. The highest BCUT2D eigenvalue weighted by molar-refractivity contribution is 7.87. The summed E-state index contributed by atoms with van der Waals surface area (Å²) in [5.74, 6) is -2.31. The van der Waals surface area contributed by atoms with Crippen molar-refractivity contribution >= 4 is 27.8 Å². The van der Waals surface area contributed by atoms with Gasteiger partial charge in [0.25, 0.3) is 5.91 Å². The van der Waals surface area contributed by atoms with E-state index in [4.69, 9.17) is 0 Å². The van der Waals surface area contributed by atoms with Crippen molar-refractivity contribution in [1.29, 1.82) is 0 Å². The molecule has 1 aliphatic heterocycles. The van der Waals surface area contributed by atoms with E-state index in [2.05, 4.69) is 15.0 Å². The highest BCUT2D eigenvalue weighted by Crippen LogP contribution is 2.50. The number of halogens is 3. The first-order valence-electron chi connectivity index (χ1n) is 14.9. The Kier molecular flexibility index (Phi) is 9.70. The maximum absolute atomic E-state index is 14.5. The quantitative estimate of drug-likeness (QED) is 0.426. The molecule has 1 aromatic heterocycles. The Morgan fingerprint density at radius 1 is 1.00 bits per heavy atom. The number of aromatic nitrogens is 1. The summed E-state index contributed by atoms with van der Waals surface area (Å²) in [6.45, 7) is 7.07. The van der Waals surface area contributed by atoms with Crippen LogP contribution in [0.2, 0.25) is 0 Å². The van der Waals surface area contributed by atoms with Gasteiger partial charge in [0.15, 0.2) is 0 Å². The van der Waals surface area contributed by atoms with Gasteiger partial charge in [-0.15, -0.1) is 0 Å². The third-order valence-electron chi connectivity index (χ3n) is 8.59. The first-order valence-corrected chi connectivity index (χ1v) is 16.3. The topological polar surface area (TPSA) is 112 Å². The number of benzene rings is 1. The number of hydrogen-bond donors (Lipinski definition) is 2. The second kappa shape index (κ2) is 12.7. The lowest BCUT2D eigenvalue weighted by molar-refractivity contribution is -0.145. The average Bonchev–Trinajstić information content (AvgIpc) is 3.28. The zero-order valence-corrected chi connectivity index (χ0v) is 26.8. The Balaban J connectivity index is 1.94. The molecule has 2 aromatic rings. The summed E-state index contributed by atoms with van der Waals surface area (Å²) in [6.07, 6.45) is -0.657. The highest BCUT2D eigenvalue weighted by Gasteiger charge is 2.59. The monoisotopic (exact) mass is 637 g/mol. The molecule has 242 valence electrons. The lowest BCUT2D eigenvalue weighted by Gasteiger charge is -2.37. The number of carbonyl (C=O) groups excluding carboxylic acids is 2. The summed E-state index contributed by atoms with van der Waals surface area (Å²) in [5.41, 5.74) is -0.800. The second-order valence-corrected chi connectivity index (χ2v) is 15.0. The number of anilines is 1. The molecule has 1 aliphatic carbocycles. The van der Waals surface area contributed by atoms with Gasteiger partial charge in [-0.2, -0.15) is 25.9 Å². The van der Waals surface area contributed by atoms with Crippen LogP contribution in [-0.2, 0) is 26.0 Å². The molecule has 1 saturated carbocycles. The number of rotatable bonds is 7. The summed E-state index contributed by atoms with van der Waals surface area (Å²) >= 11 is 0. The fourth-order valence-corrected chi connectivity index (χ4v) is 7.15. The van der Waals surface area contributed by atoms with Gasteiger partial charge < -0.3 is 10.2 Å². The molecule has 2 amide bonds. The molecule has 4 atom stereocenters. The molecule has 1 aromatic carbocycles. The molecule has 2 fully saturated rings. The summed E-state index contributed by atoms with van der Waals surface area (Å²) in [6, 6.07) is 8.00. The van der Waals surface area contributed by atoms with Gasteiger partial charge >= 0.3 is 16.4 Å². The number of carbonyl (C=O) groups is 2. The van der Waals surface area contributed by atoms with Gasteiger partial charge in [-0.25, -0.2) is 9.71 Å². The number of nitrogens with zero attached hydrogens (tertiary/aromatic N) is 3. The molecule has 44 heavy (non-hydrogen) atoms. The second-order valence-electron chi connectivity index (χ2n) is 13.1. The Bertz CT molecular complexity index is 1450. The number of likely N-dealkylation sites (tertiary alicyclic amines) is 1. The predicted octanol–water partition coefficient (Wildman–Crippen LogP) is 5.31. The molecule has 0 bridgehead atoms. The van der Waals surface area contributed by atoms with Gasteiger partial charge in [-0.1, -0.05) is 70.4 Å². The van der Waals surface area contributed by atoms with E-state index in [1.54, 1.807) is 18.2 Å². The van der Waals surface area contributed by atoms with Crippen molar-refractivity contribution in [2.24, 2.45) is 17.3 Å². The smallest absolute Gasteiger partial charge is 0.364 e. The molecule has 2 N–H and O–H groups in total. The van der Waals surface area contributed by atoms with Gasteiger partial charge in [0, 0.05) is 31.6 Å². The van der Waals surface area contributed by atoms with E-state index in [1.807, 2.05) is 32.9 Å². The summed E-state index contributed by atoms with van der Waals surface area (Å²) in [5, 5.41) is 3.21. The Hall–Kier alpha value is -3.19. The number of aryl methyl sites for hydroxylation is 1. The first kappa shape index (κ1) is 33.7. The van der Waals surface area contributed by atoms with Crippen LogP contribution in [-0.4, -0.2) is 60.6 Å². The van der Waals surface area contributed by atoms with Crippen molar-refractivity contribution in [2.75, 3.05) is 19.4 Å². The largest absolute Gasteiger partial charge is 0.416 e. The van der Waals surface area contributed by atoms with E-state index in [1.165, 1.54) is 25.9 Å². The van der Waals surface area contributed by atoms with Crippen molar-refractivity contribution in [1.82, 2.24) is 18.9 Å². The van der Waals surface area contributed by atoms with Crippen LogP contribution in [0, 0.1) is 24.2 Å². The fourth-order valence-electron chi connectivity index (χ4n) is 6.59. The van der Waals surface area contributed by atoms with Crippen LogP contribution in [0.1, 0.15) is 75.7 Å². The SMILES string of the molecule is Cc1cc(C(F)(F)F)cc(NC2C(c3ccccc3)N(C(=O)C3CCCCC3)C(C(=O)NS(=O)(=O)N(C)C)C2C(C)(C)C)n1. The Morgan fingerprint density at radius 2 is 1.61 bits per heavy atom. The van der Waals surface area contributed by atoms with E-state index in [-0.39, 0.29) is 23.3 Å². The van der Waals surface area contributed by atoms with Gasteiger partial charge in [0.05, 0.1) is 17.6 Å². The summed E-state index contributed by atoms with van der Waals surface area (Å²) in [4.78, 5) is 34.5. The minimum Gasteiger partial charge on any atom is -0.364 e. The zero-order valence-electron chi connectivity index (χ0n) is 26.0. The molecule has 4 unspecified atom stereocenters. The number of hydrogen-bond acceptors (Lipinski definition) is 6. The van der Waals surface area contributed by atoms with Crippen molar-refractivity contribution in [2.45, 2.75) is 84.1 Å². The van der Waals surface area contributed by atoms with Crippen LogP contribution in [0.25, 0.3) is 0 Å². The van der Waals surface area contributed by atoms with Crippen molar-refractivity contribution in [3.63, 3.8) is 0 Å². The Labute approximate surface area is 257 Å². The number of nitrogens with one attached hydrogen (secondary N) is 2. The van der Waals surface area contributed by atoms with Gasteiger partial charge in [-0.05, 0) is 42.9 Å². The van der Waals surface area contributed by atoms with Crippen LogP contribution in [0.3, 0.4) is 0 Å². The van der Waals surface area contributed by atoms with Crippen LogP contribution in [0.15, 0.2) is 42.5 Å². The van der Waals surface area contributed by atoms with Gasteiger partial charge in [0.1, 0.15) is 11.9 Å². The lowest BCUT2D eigenvalue weighted by atomic mass is 9.72. The van der Waals surface area contributed by atoms with E-state index < -0.39 is 57.3 Å². The van der Waals surface area contributed by atoms with Crippen molar-refractivity contribution in [3.05, 3.63) is 59.3 Å². The maximum Gasteiger partial charge on any atom is 0.416 e. The van der Waals surface area contributed by atoms with Gasteiger partial charge in [0.2, 0.25) is 5.91 Å². The van der Waals surface area contributed by atoms with Crippen LogP contribution in [0.4, 0.5) is 19.0 Å². The number of alkyl halides is 3. The number of pyridine rings is 1. The standard InChI is InChI=1S/C31H42F3N5O4S/c1-19-17-22(31(32,33)34)18-23(35-19)36-25-24(30(2,3)4)27(28(40)37-44(42,43)38(5)6)39(26(25)20-13-9-7-10-14-20)29(41)21-15-11-8-12-16-21/h7,9-10,13-14,17-18,21,24-27H,8,11-12,15-16H2,1-6H3,(H,35,36)(H,37,40). The normalized spacial score (nSPS) is 23.5. The third-order valence-corrected chi connectivity index (χ3v) is 10.0. The van der Waals surface area contributed by atoms with E-state index in [0.717, 1.165) is 35.7 Å². The molecule has 13 heteroatoms. The summed E-state index contributed by atoms with van der Waals surface area (Å²) < 4.78 is 70.2. The Morgan fingerprint density at radius 3 is 2.16 bits per heavy atom. The zero-order chi connectivity index (χ0) is 32.6. The van der Waals surface area contributed by atoms with E-state index in [9.17, 15) is 31.2 Å². The average molecular weight is 638 g/mol. The van der Waals surface area contributed by atoms with Crippen molar-refractivity contribution < 1.29 is 31.2 Å².